The summed E-state index contributed by atoms with van der Waals surface area (Å²) in [5, 5.41) is 4.36. The van der Waals surface area contributed by atoms with E-state index in [9.17, 15) is 4.79 Å². The topological polar surface area (TPSA) is 22.0 Å². The summed E-state index contributed by atoms with van der Waals surface area (Å²) in [4.78, 5) is 13.7. The van der Waals surface area contributed by atoms with Crippen molar-refractivity contribution >= 4 is 45.0 Å². The van der Waals surface area contributed by atoms with Gasteiger partial charge in [0.1, 0.15) is 0 Å². The number of nitrogens with zero attached hydrogens (tertiary/aromatic N) is 1. The lowest BCUT2D eigenvalue weighted by Crippen LogP contribution is -1.98. The summed E-state index contributed by atoms with van der Waals surface area (Å²) in [6, 6.07) is 16.7. The van der Waals surface area contributed by atoms with E-state index in [0.29, 0.717) is 0 Å². The van der Waals surface area contributed by atoms with Gasteiger partial charge in [0, 0.05) is 33.9 Å². The first kappa shape index (κ1) is 19.3. The number of carbonyl (C=O) groups is 1. The molecule has 2 nitrogen and oxygen atoms in total. The number of aryl methyl sites for hydroxylation is 1. The summed E-state index contributed by atoms with van der Waals surface area (Å²) >= 11 is 1.50. The zero-order valence-corrected chi connectivity index (χ0v) is 18.3. The molecule has 0 atom stereocenters. The Morgan fingerprint density at radius 3 is 2.57 bits per heavy atom. The van der Waals surface area contributed by atoms with Crippen LogP contribution in [0.4, 0.5) is 0 Å². The molecule has 0 saturated heterocycles. The number of fused-ring (bicyclic) bond motifs is 3. The lowest BCUT2D eigenvalue weighted by atomic mass is 10.0. The molecule has 5 rings (SSSR count). The fourth-order valence-corrected chi connectivity index (χ4v) is 5.59. The number of thiophene rings is 1. The molecule has 2 heterocycles. The largest absolute Gasteiger partial charge is 0.341 e. The summed E-state index contributed by atoms with van der Waals surface area (Å²) in [5.41, 5.74) is 4.44. The number of hydrogen-bond donors (Lipinski definition) is 0. The Hall–Kier alpha value is -2.65. The molecule has 0 amide bonds. The van der Waals surface area contributed by atoms with Crippen molar-refractivity contribution in [3.63, 3.8) is 0 Å². The van der Waals surface area contributed by atoms with E-state index >= 15 is 0 Å². The van der Waals surface area contributed by atoms with Gasteiger partial charge in [0.15, 0.2) is 0 Å². The maximum atomic E-state index is 12.9. The Bertz CT molecular complexity index is 1220. The summed E-state index contributed by atoms with van der Waals surface area (Å²) in [6.07, 6.45) is 11.4. The van der Waals surface area contributed by atoms with E-state index in [4.69, 9.17) is 0 Å². The number of rotatable bonds is 6. The Kier molecular flexibility index (Phi) is 5.30. The van der Waals surface area contributed by atoms with Crippen molar-refractivity contribution in [2.24, 2.45) is 5.92 Å². The highest BCUT2D eigenvalue weighted by Gasteiger charge is 2.15. The average Bonchev–Trinajstić information content (AvgIpc) is 3.53. The van der Waals surface area contributed by atoms with Crippen LogP contribution in [0.2, 0.25) is 0 Å². The van der Waals surface area contributed by atoms with Gasteiger partial charge in [0.25, 0.3) is 0 Å². The number of benzene rings is 2. The van der Waals surface area contributed by atoms with Crippen LogP contribution >= 0.6 is 11.3 Å². The van der Waals surface area contributed by atoms with Crippen molar-refractivity contribution in [3.8, 4) is 0 Å². The molecule has 0 unspecified atom stereocenters. The van der Waals surface area contributed by atoms with E-state index in [1.54, 1.807) is 0 Å². The molecule has 0 N–H and O–H groups in total. The fraction of sp³-hybridized carbons (Fsp3) is 0.296. The first-order valence-corrected chi connectivity index (χ1v) is 11.9. The maximum Gasteiger partial charge on any atom is 0.202 e. The minimum absolute atomic E-state index is 0.108. The lowest BCUT2D eigenvalue weighted by Gasteiger charge is -2.04. The monoisotopic (exact) mass is 413 g/mol. The first-order chi connectivity index (χ1) is 14.7. The maximum absolute atomic E-state index is 12.9. The molecule has 152 valence electrons. The van der Waals surface area contributed by atoms with Gasteiger partial charge in [-0.3, -0.25) is 4.79 Å². The van der Waals surface area contributed by atoms with Gasteiger partial charge in [0.2, 0.25) is 5.78 Å². The van der Waals surface area contributed by atoms with Crippen molar-refractivity contribution in [2.75, 3.05) is 0 Å². The third kappa shape index (κ3) is 3.52. The van der Waals surface area contributed by atoms with Gasteiger partial charge in [-0.25, -0.2) is 0 Å². The van der Waals surface area contributed by atoms with Crippen LogP contribution in [0.15, 0.2) is 60.0 Å². The Labute approximate surface area is 181 Å². The smallest absolute Gasteiger partial charge is 0.202 e. The summed E-state index contributed by atoms with van der Waals surface area (Å²) in [7, 11) is 0. The normalized spacial score (nSPS) is 15.1. The molecular weight excluding hydrogens is 386 g/mol. The van der Waals surface area contributed by atoms with E-state index < -0.39 is 0 Å². The molecule has 1 aliphatic carbocycles. The molecular formula is C27H27NOS. The zero-order chi connectivity index (χ0) is 20.5. The molecule has 0 spiro atoms. The van der Waals surface area contributed by atoms with Gasteiger partial charge in [-0.2, -0.15) is 0 Å². The van der Waals surface area contributed by atoms with Crippen LogP contribution in [0.1, 0.15) is 59.8 Å². The standard InChI is InChI=1S/C27H27NOS/c1-2-28-24-14-12-20(10-5-9-19-7-3-4-8-19)17-22(24)23-18-21(13-15-25(23)28)27(29)26-11-6-16-30-26/h5-6,10-19H,2-4,7-9H2,1H3. The van der Waals surface area contributed by atoms with Gasteiger partial charge in [-0.05, 0) is 66.6 Å². The predicted molar refractivity (Wildman–Crippen MR) is 128 cm³/mol. The highest BCUT2D eigenvalue weighted by molar-refractivity contribution is 7.12. The molecule has 3 heteroatoms. The van der Waals surface area contributed by atoms with Gasteiger partial charge in [0.05, 0.1) is 4.88 Å². The first-order valence-electron chi connectivity index (χ1n) is 11.1. The molecule has 1 aliphatic rings. The van der Waals surface area contributed by atoms with Crippen LogP contribution < -0.4 is 0 Å². The minimum Gasteiger partial charge on any atom is -0.341 e. The third-order valence-corrected chi connectivity index (χ3v) is 7.34. The third-order valence-electron chi connectivity index (χ3n) is 6.47. The number of hydrogen-bond acceptors (Lipinski definition) is 2. The van der Waals surface area contributed by atoms with Gasteiger partial charge in [-0.15, -0.1) is 11.3 Å². The molecule has 2 aromatic heterocycles. The van der Waals surface area contributed by atoms with Gasteiger partial charge < -0.3 is 4.57 Å². The number of ketones is 1. The molecule has 0 aliphatic heterocycles. The molecule has 30 heavy (non-hydrogen) atoms. The Balaban J connectivity index is 1.55. The fourth-order valence-electron chi connectivity index (χ4n) is 4.90. The lowest BCUT2D eigenvalue weighted by molar-refractivity contribution is 0.104. The van der Waals surface area contributed by atoms with Gasteiger partial charge in [-0.1, -0.05) is 50.0 Å². The van der Waals surface area contributed by atoms with Crippen molar-refractivity contribution in [1.82, 2.24) is 4.57 Å². The average molecular weight is 414 g/mol. The second-order valence-electron chi connectivity index (χ2n) is 8.35. The molecule has 0 bridgehead atoms. The Morgan fingerprint density at radius 1 is 1.07 bits per heavy atom. The van der Waals surface area contributed by atoms with E-state index in [2.05, 4.69) is 54.0 Å². The molecule has 0 radical (unpaired) electrons. The van der Waals surface area contributed by atoms with Crippen LogP contribution in [-0.4, -0.2) is 10.4 Å². The number of aromatic nitrogens is 1. The molecule has 4 aromatic rings. The van der Waals surface area contributed by atoms with Crippen LogP contribution in [0, 0.1) is 5.92 Å². The van der Waals surface area contributed by atoms with E-state index in [1.165, 1.54) is 70.8 Å². The van der Waals surface area contributed by atoms with Crippen LogP contribution in [0.5, 0.6) is 0 Å². The highest BCUT2D eigenvalue weighted by Crippen LogP contribution is 2.32. The molecule has 1 saturated carbocycles. The number of carbonyl (C=O) groups excluding carboxylic acids is 1. The zero-order valence-electron chi connectivity index (χ0n) is 17.4. The van der Waals surface area contributed by atoms with Gasteiger partial charge >= 0.3 is 0 Å². The summed E-state index contributed by atoms with van der Waals surface area (Å²) in [6.45, 7) is 3.09. The summed E-state index contributed by atoms with van der Waals surface area (Å²) in [5.74, 6) is 0.981. The van der Waals surface area contributed by atoms with Crippen molar-refractivity contribution in [3.05, 3.63) is 76.0 Å². The van der Waals surface area contributed by atoms with Crippen molar-refractivity contribution in [1.29, 1.82) is 0 Å². The highest BCUT2D eigenvalue weighted by atomic mass is 32.1. The van der Waals surface area contributed by atoms with Crippen LogP contribution in [-0.2, 0) is 6.54 Å². The second kappa shape index (κ2) is 8.23. The van der Waals surface area contributed by atoms with E-state index in [1.807, 2.05) is 23.6 Å². The van der Waals surface area contributed by atoms with Crippen LogP contribution in [0.3, 0.4) is 0 Å². The minimum atomic E-state index is 0.108. The SMILES string of the molecule is CCn1c2ccc(C=CCC3CCCC3)cc2c2cc(C(=O)c3cccs3)ccc21. The van der Waals surface area contributed by atoms with Crippen molar-refractivity contribution < 1.29 is 4.79 Å². The number of allylic oxidation sites excluding steroid dienone is 1. The second-order valence-corrected chi connectivity index (χ2v) is 9.30. The van der Waals surface area contributed by atoms with Crippen LogP contribution in [0.25, 0.3) is 27.9 Å². The predicted octanol–water partition coefficient (Wildman–Crippen LogP) is 7.70. The van der Waals surface area contributed by atoms with Crippen molar-refractivity contribution in [2.45, 2.75) is 45.6 Å². The quantitative estimate of drug-likeness (QED) is 0.297. The van der Waals surface area contributed by atoms with E-state index in [-0.39, 0.29) is 5.78 Å². The van der Waals surface area contributed by atoms with E-state index in [0.717, 1.165) is 22.9 Å². The Morgan fingerprint density at radius 2 is 1.83 bits per heavy atom. The summed E-state index contributed by atoms with van der Waals surface area (Å²) < 4.78 is 2.34. The molecule has 2 aromatic carbocycles. The molecule has 1 fully saturated rings.